The van der Waals surface area contributed by atoms with E-state index >= 15 is 0 Å². The molecule has 0 aliphatic rings. The summed E-state index contributed by atoms with van der Waals surface area (Å²) >= 11 is 0. The molecule has 1 amide bonds. The zero-order valence-electron chi connectivity index (χ0n) is 9.69. The Labute approximate surface area is 98.0 Å². The van der Waals surface area contributed by atoms with Gasteiger partial charge in [-0.25, -0.2) is 0 Å². The second kappa shape index (κ2) is 4.28. The average Bonchev–Trinajstić information content (AvgIpc) is 2.81. The van der Waals surface area contributed by atoms with Gasteiger partial charge in [0.05, 0.1) is 11.9 Å². The van der Waals surface area contributed by atoms with Gasteiger partial charge in [-0.3, -0.25) is 14.6 Å². The first-order valence-corrected chi connectivity index (χ1v) is 5.14. The van der Waals surface area contributed by atoms with E-state index in [2.05, 4.69) is 20.6 Å². The molecule has 2 rings (SSSR count). The molecule has 0 bridgehead atoms. The van der Waals surface area contributed by atoms with E-state index in [9.17, 15) is 4.79 Å². The van der Waals surface area contributed by atoms with E-state index in [1.807, 2.05) is 6.92 Å². The monoisotopic (exact) mass is 234 g/mol. The van der Waals surface area contributed by atoms with Crippen molar-refractivity contribution in [2.24, 2.45) is 7.05 Å². The number of carbonyl (C=O) groups excluding carboxylic acids is 1. The number of nitrogens with one attached hydrogen (secondary N) is 2. The Morgan fingerprint density at radius 2 is 2.41 bits per heavy atom. The third kappa shape index (κ3) is 2.27. The summed E-state index contributed by atoms with van der Waals surface area (Å²) in [6.07, 6.45) is 1.59. The fourth-order valence-corrected chi connectivity index (χ4v) is 1.55. The van der Waals surface area contributed by atoms with Gasteiger partial charge in [0.2, 0.25) is 0 Å². The Morgan fingerprint density at radius 1 is 1.65 bits per heavy atom. The largest absolute Gasteiger partial charge is 0.384 e. The third-order valence-electron chi connectivity index (χ3n) is 2.43. The van der Waals surface area contributed by atoms with Gasteiger partial charge in [-0.05, 0) is 13.0 Å². The molecule has 0 unspecified atom stereocenters. The Kier molecular flexibility index (Phi) is 2.82. The Bertz CT molecular complexity index is 541. The lowest BCUT2D eigenvalue weighted by molar-refractivity contribution is 0.0941. The summed E-state index contributed by atoms with van der Waals surface area (Å²) in [5.41, 5.74) is 7.70. The fraction of sp³-hybridized carbons (Fsp3) is 0.300. The number of H-pyrrole nitrogens is 1. The zero-order chi connectivity index (χ0) is 12.4. The first-order chi connectivity index (χ1) is 8.08. The average molecular weight is 234 g/mol. The number of nitrogens with two attached hydrogens (primary N) is 1. The van der Waals surface area contributed by atoms with Crippen molar-refractivity contribution in [3.63, 3.8) is 0 Å². The van der Waals surface area contributed by atoms with Crippen molar-refractivity contribution in [1.82, 2.24) is 25.3 Å². The van der Waals surface area contributed by atoms with Crippen molar-refractivity contribution in [3.05, 3.63) is 29.2 Å². The summed E-state index contributed by atoms with van der Waals surface area (Å²) < 4.78 is 1.55. The second-order valence-corrected chi connectivity index (χ2v) is 3.79. The number of nitrogen functional groups attached to an aromatic ring is 1. The van der Waals surface area contributed by atoms with E-state index in [0.717, 1.165) is 11.3 Å². The van der Waals surface area contributed by atoms with Gasteiger partial charge in [0.25, 0.3) is 5.91 Å². The number of hydrogen-bond donors (Lipinski definition) is 3. The number of aromatic nitrogens is 4. The number of rotatable bonds is 3. The van der Waals surface area contributed by atoms with Crippen molar-refractivity contribution in [1.29, 1.82) is 0 Å². The van der Waals surface area contributed by atoms with Crippen LogP contribution in [-0.2, 0) is 13.6 Å². The van der Waals surface area contributed by atoms with Crippen LogP contribution in [0.4, 0.5) is 5.82 Å². The van der Waals surface area contributed by atoms with E-state index in [-0.39, 0.29) is 5.91 Å². The molecule has 0 saturated carbocycles. The Morgan fingerprint density at radius 3 is 2.94 bits per heavy atom. The smallest absolute Gasteiger partial charge is 0.269 e. The van der Waals surface area contributed by atoms with Crippen molar-refractivity contribution < 1.29 is 4.79 Å². The van der Waals surface area contributed by atoms with Crippen LogP contribution in [0.5, 0.6) is 0 Å². The second-order valence-electron chi connectivity index (χ2n) is 3.79. The first kappa shape index (κ1) is 11.2. The summed E-state index contributed by atoms with van der Waals surface area (Å²) in [6.45, 7) is 2.18. The highest BCUT2D eigenvalue weighted by Gasteiger charge is 2.12. The van der Waals surface area contributed by atoms with Gasteiger partial charge in [-0.2, -0.15) is 10.2 Å². The van der Waals surface area contributed by atoms with Crippen LogP contribution < -0.4 is 11.1 Å². The highest BCUT2D eigenvalue weighted by atomic mass is 16.2. The van der Waals surface area contributed by atoms with Crippen LogP contribution in [0, 0.1) is 6.92 Å². The van der Waals surface area contributed by atoms with Gasteiger partial charge in [0, 0.05) is 19.2 Å². The van der Waals surface area contributed by atoms with Gasteiger partial charge in [0.15, 0.2) is 0 Å². The highest BCUT2D eigenvalue weighted by Crippen LogP contribution is 2.06. The molecule has 0 atom stereocenters. The number of amides is 1. The molecule has 90 valence electrons. The first-order valence-electron chi connectivity index (χ1n) is 5.14. The van der Waals surface area contributed by atoms with Gasteiger partial charge in [-0.1, -0.05) is 0 Å². The molecule has 4 N–H and O–H groups in total. The zero-order valence-corrected chi connectivity index (χ0v) is 9.69. The molecular formula is C10H14N6O. The molecule has 0 spiro atoms. The minimum atomic E-state index is -0.186. The minimum absolute atomic E-state index is 0.186. The van der Waals surface area contributed by atoms with E-state index in [1.165, 1.54) is 0 Å². The molecule has 2 aromatic heterocycles. The molecule has 7 nitrogen and oxygen atoms in total. The maximum absolute atomic E-state index is 11.8. The normalized spacial score (nSPS) is 10.5. The van der Waals surface area contributed by atoms with Gasteiger partial charge in [0.1, 0.15) is 11.5 Å². The number of aromatic amines is 1. The summed E-state index contributed by atoms with van der Waals surface area (Å²) in [4.78, 5) is 11.8. The van der Waals surface area contributed by atoms with E-state index in [0.29, 0.717) is 18.1 Å². The molecule has 2 heterocycles. The molecule has 0 radical (unpaired) electrons. The summed E-state index contributed by atoms with van der Waals surface area (Å²) in [5.74, 6) is 0.278. The molecule has 2 aromatic rings. The molecule has 7 heteroatoms. The van der Waals surface area contributed by atoms with E-state index < -0.39 is 0 Å². The molecule has 0 aliphatic heterocycles. The maximum Gasteiger partial charge on any atom is 0.269 e. The molecular weight excluding hydrogens is 220 g/mol. The van der Waals surface area contributed by atoms with Crippen molar-refractivity contribution in [3.8, 4) is 0 Å². The van der Waals surface area contributed by atoms with Crippen LogP contribution in [0.2, 0.25) is 0 Å². The number of nitrogens with zero attached hydrogens (tertiary/aromatic N) is 3. The van der Waals surface area contributed by atoms with Gasteiger partial charge in [-0.15, -0.1) is 0 Å². The summed E-state index contributed by atoms with van der Waals surface area (Å²) in [5, 5.41) is 13.2. The topological polar surface area (TPSA) is 102 Å². The van der Waals surface area contributed by atoms with Crippen LogP contribution in [0.15, 0.2) is 12.3 Å². The summed E-state index contributed by atoms with van der Waals surface area (Å²) in [6, 6.07) is 1.73. The number of hydrogen-bond acceptors (Lipinski definition) is 4. The van der Waals surface area contributed by atoms with Crippen molar-refractivity contribution >= 4 is 11.7 Å². The fourth-order valence-electron chi connectivity index (χ4n) is 1.55. The van der Waals surface area contributed by atoms with Gasteiger partial charge >= 0.3 is 0 Å². The standard InChI is InChI=1S/C10H14N6O/c1-6-3-8(16(2)15-6)10(17)12-4-7-5-13-14-9(7)11/h3,5H,4H2,1-2H3,(H,12,17)(H3,11,13,14). The van der Waals surface area contributed by atoms with Crippen LogP contribution in [0.25, 0.3) is 0 Å². The molecule has 0 saturated heterocycles. The minimum Gasteiger partial charge on any atom is -0.384 e. The SMILES string of the molecule is Cc1cc(C(=O)NCc2cn[nH]c2N)n(C)n1. The lowest BCUT2D eigenvalue weighted by atomic mass is 10.3. The van der Waals surface area contributed by atoms with Crippen LogP contribution in [0.3, 0.4) is 0 Å². The van der Waals surface area contributed by atoms with Crippen molar-refractivity contribution in [2.75, 3.05) is 5.73 Å². The Hall–Kier alpha value is -2.31. The van der Waals surface area contributed by atoms with E-state index in [4.69, 9.17) is 5.73 Å². The third-order valence-corrected chi connectivity index (χ3v) is 2.43. The predicted molar refractivity (Wildman–Crippen MR) is 62.1 cm³/mol. The van der Waals surface area contributed by atoms with Crippen LogP contribution in [-0.4, -0.2) is 25.9 Å². The molecule has 0 aromatic carbocycles. The van der Waals surface area contributed by atoms with Crippen LogP contribution in [0.1, 0.15) is 21.7 Å². The van der Waals surface area contributed by atoms with Crippen LogP contribution >= 0.6 is 0 Å². The molecule has 17 heavy (non-hydrogen) atoms. The quantitative estimate of drug-likeness (QED) is 0.693. The lowest BCUT2D eigenvalue weighted by Crippen LogP contribution is -2.25. The van der Waals surface area contributed by atoms with Gasteiger partial charge < -0.3 is 11.1 Å². The van der Waals surface area contributed by atoms with Crippen molar-refractivity contribution in [2.45, 2.75) is 13.5 Å². The number of anilines is 1. The lowest BCUT2D eigenvalue weighted by Gasteiger charge is -2.04. The van der Waals surface area contributed by atoms with E-state index in [1.54, 1.807) is 24.0 Å². The summed E-state index contributed by atoms with van der Waals surface area (Å²) in [7, 11) is 1.73. The number of carbonyl (C=O) groups is 1. The molecule has 0 fully saturated rings. The number of aryl methyl sites for hydroxylation is 2. The Balaban J connectivity index is 2.03. The highest BCUT2D eigenvalue weighted by molar-refractivity contribution is 5.92. The predicted octanol–water partition coefficient (Wildman–Crippen LogP) is -0.0362. The maximum atomic E-state index is 11.8. The molecule has 0 aliphatic carbocycles.